The second-order valence-electron chi connectivity index (χ2n) is 5.74. The van der Waals surface area contributed by atoms with Crippen LogP contribution in [0.4, 0.5) is 0 Å². The van der Waals surface area contributed by atoms with Gasteiger partial charge in [0.25, 0.3) is 0 Å². The van der Waals surface area contributed by atoms with Crippen molar-refractivity contribution in [2.75, 3.05) is 7.11 Å². The van der Waals surface area contributed by atoms with Crippen molar-refractivity contribution in [1.82, 2.24) is 0 Å². The van der Waals surface area contributed by atoms with Gasteiger partial charge >= 0.3 is 5.97 Å². The molecule has 20 heavy (non-hydrogen) atoms. The Morgan fingerprint density at radius 3 is 2.70 bits per heavy atom. The number of aliphatic hydroxyl groups excluding tert-OH is 1. The lowest BCUT2D eigenvalue weighted by Gasteiger charge is -2.39. The van der Waals surface area contributed by atoms with E-state index in [1.54, 1.807) is 0 Å². The van der Waals surface area contributed by atoms with E-state index in [9.17, 15) is 14.7 Å². The SMILES string of the molecule is COC(=O)[C@@]12CC[C@H](C1=O)[C@@H](O)C[C@@H]2c1ccccc1. The predicted molar refractivity (Wildman–Crippen MR) is 72.0 cm³/mol. The zero-order chi connectivity index (χ0) is 14.3. The molecule has 1 aromatic rings. The number of benzene rings is 1. The normalized spacial score (nSPS) is 35.9. The Hall–Kier alpha value is -1.68. The highest BCUT2D eigenvalue weighted by atomic mass is 16.5. The van der Waals surface area contributed by atoms with E-state index in [1.807, 2.05) is 30.3 Å². The molecule has 0 aliphatic heterocycles. The predicted octanol–water partition coefficient (Wildman–Crippen LogP) is 1.67. The van der Waals surface area contributed by atoms with E-state index >= 15 is 0 Å². The Labute approximate surface area is 117 Å². The molecule has 2 fully saturated rings. The van der Waals surface area contributed by atoms with Gasteiger partial charge in [-0.15, -0.1) is 0 Å². The molecule has 4 nitrogen and oxygen atoms in total. The molecule has 0 radical (unpaired) electrons. The summed E-state index contributed by atoms with van der Waals surface area (Å²) in [5.74, 6) is -1.30. The third-order valence-corrected chi connectivity index (χ3v) is 4.91. The van der Waals surface area contributed by atoms with Crippen molar-refractivity contribution in [3.63, 3.8) is 0 Å². The number of hydrogen-bond donors (Lipinski definition) is 1. The summed E-state index contributed by atoms with van der Waals surface area (Å²) in [4.78, 5) is 25.0. The van der Waals surface area contributed by atoms with Crippen LogP contribution in [0, 0.1) is 11.3 Å². The first kappa shape index (κ1) is 13.3. The fraction of sp³-hybridized carbons (Fsp3) is 0.500. The van der Waals surface area contributed by atoms with Crippen LogP contribution in [0.1, 0.15) is 30.7 Å². The summed E-state index contributed by atoms with van der Waals surface area (Å²) in [6.45, 7) is 0. The van der Waals surface area contributed by atoms with E-state index in [1.165, 1.54) is 7.11 Å². The van der Waals surface area contributed by atoms with Gasteiger partial charge in [-0.1, -0.05) is 30.3 Å². The molecule has 0 spiro atoms. The summed E-state index contributed by atoms with van der Waals surface area (Å²) in [6, 6.07) is 9.49. The fourth-order valence-electron chi connectivity index (χ4n) is 3.92. The van der Waals surface area contributed by atoms with Gasteiger partial charge in [-0.05, 0) is 24.8 Å². The third-order valence-electron chi connectivity index (χ3n) is 4.91. The van der Waals surface area contributed by atoms with E-state index in [2.05, 4.69) is 0 Å². The first-order valence-electron chi connectivity index (χ1n) is 6.97. The van der Waals surface area contributed by atoms with Crippen LogP contribution in [-0.2, 0) is 14.3 Å². The smallest absolute Gasteiger partial charge is 0.319 e. The molecule has 1 aromatic carbocycles. The minimum absolute atomic E-state index is 0.142. The van der Waals surface area contributed by atoms with Crippen molar-refractivity contribution < 1.29 is 19.4 Å². The molecule has 0 saturated heterocycles. The molecule has 3 rings (SSSR count). The molecule has 4 atom stereocenters. The van der Waals surface area contributed by atoms with Gasteiger partial charge in [0.15, 0.2) is 5.78 Å². The average Bonchev–Trinajstić information content (AvgIpc) is 2.73. The Balaban J connectivity index is 2.11. The molecule has 4 heteroatoms. The van der Waals surface area contributed by atoms with Gasteiger partial charge in [-0.3, -0.25) is 9.59 Å². The summed E-state index contributed by atoms with van der Waals surface area (Å²) < 4.78 is 4.93. The quantitative estimate of drug-likeness (QED) is 0.658. The summed E-state index contributed by atoms with van der Waals surface area (Å²) in [7, 11) is 1.32. The molecule has 106 valence electrons. The third kappa shape index (κ3) is 1.64. The number of methoxy groups -OCH3 is 1. The summed E-state index contributed by atoms with van der Waals surface area (Å²) >= 11 is 0. The first-order chi connectivity index (χ1) is 9.61. The van der Waals surface area contributed by atoms with E-state index in [4.69, 9.17) is 4.74 Å². The summed E-state index contributed by atoms with van der Waals surface area (Å²) in [5.41, 5.74) is -0.175. The average molecular weight is 274 g/mol. The van der Waals surface area contributed by atoms with E-state index in [0.717, 1.165) is 5.56 Å². The summed E-state index contributed by atoms with van der Waals surface area (Å²) in [5, 5.41) is 10.2. The minimum atomic E-state index is -1.10. The van der Waals surface area contributed by atoms with Crippen LogP contribution in [0.2, 0.25) is 0 Å². The molecule has 2 saturated carbocycles. The molecule has 2 bridgehead atoms. The zero-order valence-electron chi connectivity index (χ0n) is 11.4. The second kappa shape index (κ2) is 4.70. The van der Waals surface area contributed by atoms with Crippen LogP contribution < -0.4 is 0 Å². The lowest BCUT2D eigenvalue weighted by Crippen LogP contribution is -2.50. The van der Waals surface area contributed by atoms with Crippen LogP contribution in [0.5, 0.6) is 0 Å². The van der Waals surface area contributed by atoms with E-state index in [0.29, 0.717) is 19.3 Å². The molecule has 0 amide bonds. The first-order valence-corrected chi connectivity index (χ1v) is 6.97. The highest BCUT2D eigenvalue weighted by molar-refractivity contribution is 6.08. The highest BCUT2D eigenvalue weighted by Gasteiger charge is 2.63. The zero-order valence-corrected chi connectivity index (χ0v) is 11.4. The fourth-order valence-corrected chi connectivity index (χ4v) is 3.92. The molecule has 0 unspecified atom stereocenters. The standard InChI is InChI=1S/C16H18O4/c1-20-15(19)16-8-7-11(14(16)18)13(17)9-12(16)10-5-3-2-4-6-10/h2-6,11-13,17H,7-9H2,1H3/t11-,12+,13-,16+/m0/s1. The van der Waals surface area contributed by atoms with Crippen LogP contribution in [0.25, 0.3) is 0 Å². The maximum atomic E-state index is 12.6. The molecule has 2 aliphatic rings. The van der Waals surface area contributed by atoms with Crippen LogP contribution >= 0.6 is 0 Å². The highest BCUT2D eigenvalue weighted by Crippen LogP contribution is 2.56. The number of ether oxygens (including phenoxy) is 1. The van der Waals surface area contributed by atoms with Crippen molar-refractivity contribution in [2.45, 2.75) is 31.3 Å². The number of Topliss-reactive ketones (excluding diaryl/α,β-unsaturated/α-hetero) is 1. The Morgan fingerprint density at radius 2 is 2.05 bits per heavy atom. The second-order valence-corrected chi connectivity index (χ2v) is 5.74. The molecule has 2 aliphatic carbocycles. The molecule has 0 aromatic heterocycles. The van der Waals surface area contributed by atoms with Gasteiger partial charge in [0.1, 0.15) is 5.41 Å². The minimum Gasteiger partial charge on any atom is -0.468 e. The van der Waals surface area contributed by atoms with Crippen LogP contribution in [0.15, 0.2) is 30.3 Å². The number of hydrogen-bond acceptors (Lipinski definition) is 4. The van der Waals surface area contributed by atoms with Gasteiger partial charge in [0, 0.05) is 11.8 Å². The summed E-state index contributed by atoms with van der Waals surface area (Å²) in [6.07, 6.45) is 0.821. The monoisotopic (exact) mass is 274 g/mol. The number of ketones is 1. The number of carbonyl (C=O) groups excluding carboxylic acids is 2. The Bertz CT molecular complexity index is 539. The van der Waals surface area contributed by atoms with Crippen molar-refractivity contribution in [2.24, 2.45) is 11.3 Å². The Morgan fingerprint density at radius 1 is 1.35 bits per heavy atom. The van der Waals surface area contributed by atoms with Crippen LogP contribution in [-0.4, -0.2) is 30.1 Å². The molecular weight excluding hydrogens is 256 g/mol. The number of aliphatic hydroxyl groups is 1. The number of fused-ring (bicyclic) bond motifs is 2. The lowest BCUT2D eigenvalue weighted by molar-refractivity contribution is -0.162. The van der Waals surface area contributed by atoms with Crippen molar-refractivity contribution >= 4 is 11.8 Å². The van der Waals surface area contributed by atoms with Gasteiger partial charge in [0.2, 0.25) is 0 Å². The number of carbonyl (C=O) groups is 2. The largest absolute Gasteiger partial charge is 0.468 e. The van der Waals surface area contributed by atoms with Crippen molar-refractivity contribution in [3.8, 4) is 0 Å². The maximum Gasteiger partial charge on any atom is 0.319 e. The number of esters is 1. The van der Waals surface area contributed by atoms with Crippen molar-refractivity contribution in [1.29, 1.82) is 0 Å². The van der Waals surface area contributed by atoms with Crippen LogP contribution in [0.3, 0.4) is 0 Å². The molecule has 0 heterocycles. The number of rotatable bonds is 2. The Kier molecular flexibility index (Phi) is 3.13. The topological polar surface area (TPSA) is 63.6 Å². The molecular formula is C16H18O4. The molecule has 1 N–H and O–H groups in total. The van der Waals surface area contributed by atoms with Gasteiger partial charge < -0.3 is 9.84 Å². The van der Waals surface area contributed by atoms with Gasteiger partial charge in [-0.2, -0.15) is 0 Å². The van der Waals surface area contributed by atoms with Crippen molar-refractivity contribution in [3.05, 3.63) is 35.9 Å². The van der Waals surface area contributed by atoms with E-state index < -0.39 is 23.4 Å². The lowest BCUT2D eigenvalue weighted by atomic mass is 9.63. The van der Waals surface area contributed by atoms with Gasteiger partial charge in [0.05, 0.1) is 13.2 Å². The van der Waals surface area contributed by atoms with E-state index in [-0.39, 0.29) is 11.7 Å². The maximum absolute atomic E-state index is 12.6. The van der Waals surface area contributed by atoms with Gasteiger partial charge in [-0.25, -0.2) is 0 Å².